The van der Waals surface area contributed by atoms with E-state index in [9.17, 15) is 9.90 Å². The SMILES string of the molecule is CC(C)(C)c1cc(-c2csc(CN3CCN(C(=O)O)CC3)n2)cc(C(C)(C)C)c1O. The third-order valence-electron chi connectivity index (χ3n) is 5.58. The zero-order valence-electron chi connectivity index (χ0n) is 18.8. The Morgan fingerprint density at radius 3 is 2.03 bits per heavy atom. The highest BCUT2D eigenvalue weighted by atomic mass is 32.1. The molecule has 1 saturated heterocycles. The summed E-state index contributed by atoms with van der Waals surface area (Å²) in [4.78, 5) is 19.7. The molecule has 30 heavy (non-hydrogen) atoms. The number of aromatic hydroxyl groups is 1. The number of hydrogen-bond donors (Lipinski definition) is 2. The highest BCUT2D eigenvalue weighted by molar-refractivity contribution is 7.09. The molecule has 1 aromatic heterocycles. The van der Waals surface area contributed by atoms with Gasteiger partial charge in [0.2, 0.25) is 0 Å². The van der Waals surface area contributed by atoms with E-state index >= 15 is 0 Å². The maximum absolute atomic E-state index is 11.1. The Hall–Kier alpha value is -2.12. The summed E-state index contributed by atoms with van der Waals surface area (Å²) in [5.74, 6) is 0.380. The zero-order chi connectivity index (χ0) is 22.3. The average Bonchev–Trinajstić information content (AvgIpc) is 3.09. The van der Waals surface area contributed by atoms with E-state index in [2.05, 4.69) is 64.0 Å². The lowest BCUT2D eigenvalue weighted by molar-refractivity contribution is 0.103. The molecule has 0 aliphatic carbocycles. The van der Waals surface area contributed by atoms with E-state index in [1.54, 1.807) is 11.3 Å². The Morgan fingerprint density at radius 2 is 1.57 bits per heavy atom. The standard InChI is InChI=1S/C23H33N3O3S/c1-22(2,3)16-11-15(12-17(20(16)27)23(4,5)6)18-14-30-19(24-18)13-25-7-9-26(10-8-25)21(28)29/h11-12,14,27H,7-10,13H2,1-6H3,(H,28,29). The fourth-order valence-electron chi connectivity index (χ4n) is 3.73. The lowest BCUT2D eigenvalue weighted by atomic mass is 9.78. The summed E-state index contributed by atoms with van der Waals surface area (Å²) in [5, 5.41) is 23.1. The molecule has 1 aliphatic heterocycles. The summed E-state index contributed by atoms with van der Waals surface area (Å²) >= 11 is 1.63. The quantitative estimate of drug-likeness (QED) is 0.722. The summed E-state index contributed by atoms with van der Waals surface area (Å²) in [5.41, 5.74) is 3.47. The number of carbonyl (C=O) groups is 1. The summed E-state index contributed by atoms with van der Waals surface area (Å²) in [6.07, 6.45) is -0.845. The van der Waals surface area contributed by atoms with E-state index in [1.165, 1.54) is 4.90 Å². The van der Waals surface area contributed by atoms with Crippen LogP contribution in [-0.2, 0) is 17.4 Å². The first-order chi connectivity index (χ1) is 13.9. The van der Waals surface area contributed by atoms with E-state index in [0.717, 1.165) is 47.0 Å². The van der Waals surface area contributed by atoms with E-state index in [-0.39, 0.29) is 10.8 Å². The van der Waals surface area contributed by atoms with Crippen LogP contribution in [0.3, 0.4) is 0 Å². The molecule has 0 radical (unpaired) electrons. The van der Waals surface area contributed by atoms with Crippen molar-refractivity contribution in [3.63, 3.8) is 0 Å². The summed E-state index contributed by atoms with van der Waals surface area (Å²) in [6, 6.07) is 4.13. The van der Waals surface area contributed by atoms with Crippen LogP contribution in [0, 0.1) is 0 Å². The van der Waals surface area contributed by atoms with Crippen molar-refractivity contribution >= 4 is 17.4 Å². The van der Waals surface area contributed by atoms with Gasteiger partial charge in [0.15, 0.2) is 0 Å². The van der Waals surface area contributed by atoms with E-state index < -0.39 is 6.09 Å². The van der Waals surface area contributed by atoms with Crippen LogP contribution in [0.1, 0.15) is 57.7 Å². The van der Waals surface area contributed by atoms with Crippen LogP contribution in [0.4, 0.5) is 4.79 Å². The van der Waals surface area contributed by atoms with Crippen LogP contribution in [0.25, 0.3) is 11.3 Å². The number of carboxylic acid groups (broad SMARTS) is 1. The number of thiazole rings is 1. The molecule has 6 nitrogen and oxygen atoms in total. The number of piperazine rings is 1. The summed E-state index contributed by atoms with van der Waals surface area (Å²) < 4.78 is 0. The third-order valence-corrected chi connectivity index (χ3v) is 6.41. The molecule has 0 saturated carbocycles. The maximum atomic E-state index is 11.1. The first kappa shape index (κ1) is 22.6. The fourth-order valence-corrected chi connectivity index (χ4v) is 4.58. The van der Waals surface area contributed by atoms with Gasteiger partial charge >= 0.3 is 6.09 Å². The lowest BCUT2D eigenvalue weighted by Crippen LogP contribution is -2.47. The number of amides is 1. The summed E-state index contributed by atoms with van der Waals surface area (Å²) in [6.45, 7) is 15.9. The third kappa shape index (κ3) is 4.95. The highest BCUT2D eigenvalue weighted by Crippen LogP contribution is 2.42. The second-order valence-electron chi connectivity index (χ2n) is 10.1. The minimum atomic E-state index is -0.845. The van der Waals surface area contributed by atoms with Crippen molar-refractivity contribution in [2.75, 3.05) is 26.2 Å². The molecule has 0 bridgehead atoms. The number of hydrogen-bond acceptors (Lipinski definition) is 5. The number of aromatic nitrogens is 1. The second-order valence-corrected chi connectivity index (χ2v) is 11.0. The molecule has 2 N–H and O–H groups in total. The van der Waals surface area contributed by atoms with Crippen molar-refractivity contribution in [3.8, 4) is 17.0 Å². The first-order valence-electron chi connectivity index (χ1n) is 10.4. The molecule has 7 heteroatoms. The summed E-state index contributed by atoms with van der Waals surface area (Å²) in [7, 11) is 0. The molecule has 2 heterocycles. The normalized spacial score (nSPS) is 16.1. The van der Waals surface area contributed by atoms with Gasteiger partial charge in [-0.2, -0.15) is 0 Å². The molecular formula is C23H33N3O3S. The van der Waals surface area contributed by atoms with Gasteiger partial charge in [-0.25, -0.2) is 9.78 Å². The molecule has 1 fully saturated rings. The molecule has 1 amide bonds. The van der Waals surface area contributed by atoms with Gasteiger partial charge in [0, 0.05) is 48.2 Å². The molecular weight excluding hydrogens is 398 g/mol. The molecule has 1 aliphatic rings. The van der Waals surface area contributed by atoms with Crippen molar-refractivity contribution in [3.05, 3.63) is 33.6 Å². The molecule has 0 spiro atoms. The van der Waals surface area contributed by atoms with Gasteiger partial charge in [0.05, 0.1) is 12.2 Å². The smallest absolute Gasteiger partial charge is 0.407 e. The van der Waals surface area contributed by atoms with Gasteiger partial charge < -0.3 is 15.1 Å². The van der Waals surface area contributed by atoms with Gasteiger partial charge in [-0.1, -0.05) is 41.5 Å². The predicted molar refractivity (Wildman–Crippen MR) is 121 cm³/mol. The average molecular weight is 432 g/mol. The zero-order valence-corrected chi connectivity index (χ0v) is 19.6. The van der Waals surface area contributed by atoms with Crippen LogP contribution < -0.4 is 0 Å². The van der Waals surface area contributed by atoms with Gasteiger partial charge in [-0.3, -0.25) is 4.90 Å². The number of rotatable bonds is 3. The van der Waals surface area contributed by atoms with Crippen molar-refractivity contribution < 1.29 is 15.0 Å². The van der Waals surface area contributed by atoms with E-state index in [1.807, 2.05) is 0 Å². The fraction of sp³-hybridized carbons (Fsp3) is 0.565. The lowest BCUT2D eigenvalue weighted by Gasteiger charge is -2.32. The molecule has 0 unspecified atom stereocenters. The molecule has 3 rings (SSSR count). The largest absolute Gasteiger partial charge is 0.507 e. The predicted octanol–water partition coefficient (Wildman–Crippen LogP) is 4.91. The Morgan fingerprint density at radius 1 is 1.03 bits per heavy atom. The Bertz CT molecular complexity index is 882. The van der Waals surface area contributed by atoms with Crippen LogP contribution in [0.2, 0.25) is 0 Å². The Balaban J connectivity index is 1.85. The van der Waals surface area contributed by atoms with Crippen molar-refractivity contribution in [1.29, 1.82) is 0 Å². The van der Waals surface area contributed by atoms with Crippen LogP contribution in [-0.4, -0.2) is 57.3 Å². The number of phenolic OH excluding ortho intramolecular Hbond substituents is 1. The number of nitrogens with zero attached hydrogens (tertiary/aromatic N) is 3. The van der Waals surface area contributed by atoms with Crippen molar-refractivity contribution in [2.45, 2.75) is 58.9 Å². The van der Waals surface area contributed by atoms with E-state index in [4.69, 9.17) is 10.1 Å². The van der Waals surface area contributed by atoms with Crippen LogP contribution in [0.15, 0.2) is 17.5 Å². The van der Waals surface area contributed by atoms with E-state index in [0.29, 0.717) is 18.8 Å². The van der Waals surface area contributed by atoms with Gasteiger partial charge in [0.25, 0.3) is 0 Å². The molecule has 0 atom stereocenters. The minimum Gasteiger partial charge on any atom is -0.507 e. The monoisotopic (exact) mass is 431 g/mol. The Labute approximate surface area is 183 Å². The molecule has 1 aromatic carbocycles. The minimum absolute atomic E-state index is 0.178. The van der Waals surface area contributed by atoms with Crippen LogP contribution >= 0.6 is 11.3 Å². The first-order valence-corrected chi connectivity index (χ1v) is 11.3. The highest BCUT2D eigenvalue weighted by Gasteiger charge is 2.27. The number of phenols is 1. The van der Waals surface area contributed by atoms with Gasteiger partial charge in [-0.05, 0) is 23.0 Å². The van der Waals surface area contributed by atoms with Crippen molar-refractivity contribution in [2.24, 2.45) is 0 Å². The van der Waals surface area contributed by atoms with Crippen LogP contribution in [0.5, 0.6) is 5.75 Å². The molecule has 164 valence electrons. The van der Waals surface area contributed by atoms with Gasteiger partial charge in [-0.15, -0.1) is 11.3 Å². The Kier molecular flexibility index (Phi) is 6.16. The molecule has 2 aromatic rings. The topological polar surface area (TPSA) is 76.9 Å². The second kappa shape index (κ2) is 8.19. The maximum Gasteiger partial charge on any atom is 0.407 e. The van der Waals surface area contributed by atoms with Crippen molar-refractivity contribution in [1.82, 2.24) is 14.8 Å². The van der Waals surface area contributed by atoms with Gasteiger partial charge in [0.1, 0.15) is 10.8 Å². The number of benzene rings is 1.